The lowest BCUT2D eigenvalue weighted by Gasteiger charge is -2.09. The van der Waals surface area contributed by atoms with Crippen LogP contribution in [0.2, 0.25) is 0 Å². The van der Waals surface area contributed by atoms with E-state index in [1.165, 1.54) is 5.56 Å². The molecule has 1 unspecified atom stereocenters. The molecular formula is C9H11BrO. The van der Waals surface area contributed by atoms with Gasteiger partial charge in [-0.15, -0.1) is 0 Å². The third-order valence-corrected chi connectivity index (χ3v) is 1.57. The highest BCUT2D eigenvalue weighted by atomic mass is 79.9. The summed E-state index contributed by atoms with van der Waals surface area (Å²) in [5.74, 6) is 0.942. The van der Waals surface area contributed by atoms with Crippen LogP contribution < -0.4 is 4.74 Å². The Morgan fingerprint density at radius 1 is 1.36 bits per heavy atom. The van der Waals surface area contributed by atoms with Crippen molar-refractivity contribution in [2.45, 2.75) is 18.9 Å². The van der Waals surface area contributed by atoms with Gasteiger partial charge in [-0.3, -0.25) is 0 Å². The van der Waals surface area contributed by atoms with Gasteiger partial charge >= 0.3 is 0 Å². The second kappa shape index (κ2) is 3.77. The summed E-state index contributed by atoms with van der Waals surface area (Å²) >= 11 is 3.32. The van der Waals surface area contributed by atoms with Crippen LogP contribution in [-0.4, -0.2) is 5.01 Å². The zero-order valence-corrected chi connectivity index (χ0v) is 8.26. The molecule has 1 aromatic carbocycles. The molecule has 60 valence electrons. The minimum Gasteiger partial charge on any atom is -0.479 e. The molecule has 1 aromatic rings. The van der Waals surface area contributed by atoms with Crippen molar-refractivity contribution in [1.29, 1.82) is 0 Å². The predicted molar refractivity (Wildman–Crippen MR) is 50.2 cm³/mol. The summed E-state index contributed by atoms with van der Waals surface area (Å²) in [5, 5.41) is 0.0728. The lowest BCUT2D eigenvalue weighted by Crippen LogP contribution is -2.02. The summed E-state index contributed by atoms with van der Waals surface area (Å²) < 4.78 is 5.46. The molecule has 0 saturated heterocycles. The smallest absolute Gasteiger partial charge is 0.150 e. The van der Waals surface area contributed by atoms with Crippen LogP contribution in [0, 0.1) is 6.92 Å². The maximum Gasteiger partial charge on any atom is 0.150 e. The summed E-state index contributed by atoms with van der Waals surface area (Å²) in [5.41, 5.74) is 1.17. The lowest BCUT2D eigenvalue weighted by atomic mass is 10.2. The normalized spacial score (nSPS) is 12.6. The van der Waals surface area contributed by atoms with Crippen LogP contribution in [0.1, 0.15) is 12.5 Å². The van der Waals surface area contributed by atoms with E-state index in [2.05, 4.69) is 15.9 Å². The second-order valence-electron chi connectivity index (χ2n) is 2.43. The summed E-state index contributed by atoms with van der Waals surface area (Å²) in [7, 11) is 0. The first-order valence-electron chi connectivity index (χ1n) is 3.56. The van der Waals surface area contributed by atoms with Gasteiger partial charge in [-0.1, -0.05) is 18.2 Å². The van der Waals surface area contributed by atoms with E-state index in [-0.39, 0.29) is 5.01 Å². The summed E-state index contributed by atoms with van der Waals surface area (Å²) in [6, 6.07) is 7.97. The number of alkyl halides is 1. The predicted octanol–water partition coefficient (Wildman–Crippen LogP) is 3.11. The first-order chi connectivity index (χ1) is 5.20. The summed E-state index contributed by atoms with van der Waals surface area (Å²) in [6.45, 7) is 3.98. The second-order valence-corrected chi connectivity index (χ2v) is 3.72. The van der Waals surface area contributed by atoms with Crippen LogP contribution in [-0.2, 0) is 0 Å². The van der Waals surface area contributed by atoms with Gasteiger partial charge < -0.3 is 4.74 Å². The minimum absolute atomic E-state index is 0.0728. The van der Waals surface area contributed by atoms with E-state index >= 15 is 0 Å². The average Bonchev–Trinajstić information content (AvgIpc) is 1.93. The Bertz CT molecular complexity index is 233. The van der Waals surface area contributed by atoms with Crippen molar-refractivity contribution >= 4 is 15.9 Å². The van der Waals surface area contributed by atoms with Gasteiger partial charge in [0.25, 0.3) is 0 Å². The number of ether oxygens (including phenoxy) is 1. The summed E-state index contributed by atoms with van der Waals surface area (Å²) in [4.78, 5) is 0. The highest BCUT2D eigenvalue weighted by Gasteiger charge is 1.99. The van der Waals surface area contributed by atoms with Crippen LogP contribution in [0.3, 0.4) is 0 Å². The number of aryl methyl sites for hydroxylation is 1. The molecule has 0 radical (unpaired) electrons. The van der Waals surface area contributed by atoms with Crippen molar-refractivity contribution in [3.8, 4) is 5.75 Å². The Kier molecular flexibility index (Phi) is 2.94. The van der Waals surface area contributed by atoms with Crippen LogP contribution in [0.15, 0.2) is 24.3 Å². The lowest BCUT2D eigenvalue weighted by molar-refractivity contribution is 0.312. The van der Waals surface area contributed by atoms with E-state index in [0.717, 1.165) is 5.75 Å². The van der Waals surface area contributed by atoms with Gasteiger partial charge in [-0.2, -0.15) is 0 Å². The molecule has 2 heteroatoms. The maximum atomic E-state index is 5.46. The van der Waals surface area contributed by atoms with Crippen LogP contribution in [0.4, 0.5) is 0 Å². The fourth-order valence-electron chi connectivity index (χ4n) is 0.864. The van der Waals surface area contributed by atoms with Crippen molar-refractivity contribution in [3.05, 3.63) is 29.8 Å². The van der Waals surface area contributed by atoms with E-state index < -0.39 is 0 Å². The highest BCUT2D eigenvalue weighted by Crippen LogP contribution is 2.18. The average molecular weight is 215 g/mol. The van der Waals surface area contributed by atoms with Crippen LogP contribution >= 0.6 is 15.9 Å². The molecular weight excluding hydrogens is 204 g/mol. The number of para-hydroxylation sites is 1. The molecule has 1 nitrogen and oxygen atoms in total. The van der Waals surface area contributed by atoms with E-state index in [4.69, 9.17) is 4.74 Å². The molecule has 0 aromatic heterocycles. The number of benzene rings is 1. The van der Waals surface area contributed by atoms with Gasteiger partial charge in [0.05, 0.1) is 0 Å². The van der Waals surface area contributed by atoms with Crippen LogP contribution in [0.5, 0.6) is 5.75 Å². The molecule has 1 atom stereocenters. The van der Waals surface area contributed by atoms with Gasteiger partial charge in [-0.25, -0.2) is 0 Å². The Balaban J connectivity index is 2.78. The fourth-order valence-corrected chi connectivity index (χ4v) is 1.06. The number of rotatable bonds is 2. The Morgan fingerprint density at radius 2 is 2.00 bits per heavy atom. The maximum absolute atomic E-state index is 5.46. The molecule has 0 N–H and O–H groups in total. The molecule has 0 bridgehead atoms. The standard InChI is InChI=1S/C9H11BrO/c1-7-5-3-4-6-9(7)11-8(2)10/h3-6,8H,1-2H3. The van der Waals surface area contributed by atoms with E-state index in [0.29, 0.717) is 0 Å². The summed E-state index contributed by atoms with van der Waals surface area (Å²) in [6.07, 6.45) is 0. The quantitative estimate of drug-likeness (QED) is 0.688. The van der Waals surface area contributed by atoms with Gasteiger partial charge in [0.2, 0.25) is 0 Å². The molecule has 11 heavy (non-hydrogen) atoms. The molecule has 0 aliphatic heterocycles. The Morgan fingerprint density at radius 3 is 2.55 bits per heavy atom. The minimum atomic E-state index is 0.0728. The van der Waals surface area contributed by atoms with Crippen molar-refractivity contribution in [2.75, 3.05) is 0 Å². The zero-order valence-electron chi connectivity index (χ0n) is 6.67. The fraction of sp³-hybridized carbons (Fsp3) is 0.333. The largest absolute Gasteiger partial charge is 0.479 e. The first kappa shape index (κ1) is 8.60. The van der Waals surface area contributed by atoms with Gasteiger partial charge in [-0.05, 0) is 41.4 Å². The molecule has 0 heterocycles. The van der Waals surface area contributed by atoms with Crippen molar-refractivity contribution in [1.82, 2.24) is 0 Å². The Hall–Kier alpha value is -0.500. The SMILES string of the molecule is Cc1ccccc1OC(C)Br. The van der Waals surface area contributed by atoms with Crippen molar-refractivity contribution in [2.24, 2.45) is 0 Å². The van der Waals surface area contributed by atoms with Crippen LogP contribution in [0.25, 0.3) is 0 Å². The molecule has 0 spiro atoms. The first-order valence-corrected chi connectivity index (χ1v) is 4.48. The van der Waals surface area contributed by atoms with Crippen molar-refractivity contribution in [3.63, 3.8) is 0 Å². The number of halogens is 1. The molecule has 0 fully saturated rings. The van der Waals surface area contributed by atoms with E-state index in [1.807, 2.05) is 38.1 Å². The van der Waals surface area contributed by atoms with Gasteiger partial charge in [0, 0.05) is 0 Å². The highest BCUT2D eigenvalue weighted by molar-refractivity contribution is 9.09. The third kappa shape index (κ3) is 2.54. The molecule has 0 saturated carbocycles. The van der Waals surface area contributed by atoms with Crippen molar-refractivity contribution < 1.29 is 4.74 Å². The van der Waals surface area contributed by atoms with E-state index in [9.17, 15) is 0 Å². The zero-order chi connectivity index (χ0) is 8.27. The Labute approximate surface area is 75.5 Å². The van der Waals surface area contributed by atoms with Gasteiger partial charge in [0.1, 0.15) is 5.75 Å². The molecule has 1 rings (SSSR count). The molecule has 0 aliphatic rings. The number of hydrogen-bond acceptors (Lipinski definition) is 1. The number of hydrogen-bond donors (Lipinski definition) is 0. The topological polar surface area (TPSA) is 9.23 Å². The molecule has 0 amide bonds. The van der Waals surface area contributed by atoms with Gasteiger partial charge in [0.15, 0.2) is 5.01 Å². The third-order valence-electron chi connectivity index (χ3n) is 1.38. The van der Waals surface area contributed by atoms with E-state index in [1.54, 1.807) is 0 Å². The molecule has 0 aliphatic carbocycles. The monoisotopic (exact) mass is 214 g/mol.